The van der Waals surface area contributed by atoms with Crippen molar-refractivity contribution in [3.8, 4) is 5.88 Å². The maximum absolute atomic E-state index is 5.90. The summed E-state index contributed by atoms with van der Waals surface area (Å²) in [5, 5.41) is 4.03. The van der Waals surface area contributed by atoms with Gasteiger partial charge in [-0.3, -0.25) is 0 Å². The van der Waals surface area contributed by atoms with Gasteiger partial charge in [0, 0.05) is 11.9 Å². The number of rotatable bonds is 9. The fourth-order valence-electron chi connectivity index (χ4n) is 2.29. The summed E-state index contributed by atoms with van der Waals surface area (Å²) in [7, 11) is 1.83. The third-order valence-corrected chi connectivity index (χ3v) is 4.39. The molecule has 21 heavy (non-hydrogen) atoms. The number of hydrogen-bond donors (Lipinski definition) is 1. The molecule has 0 aliphatic heterocycles. The van der Waals surface area contributed by atoms with Crippen LogP contribution in [0.25, 0.3) is 10.2 Å². The molecule has 0 spiro atoms. The van der Waals surface area contributed by atoms with E-state index in [1.54, 1.807) is 11.3 Å². The van der Waals surface area contributed by atoms with Gasteiger partial charge in [0.25, 0.3) is 0 Å². The Morgan fingerprint density at radius 1 is 1.14 bits per heavy atom. The second-order valence-corrected chi connectivity index (χ2v) is 6.53. The van der Waals surface area contributed by atoms with Gasteiger partial charge in [-0.2, -0.15) is 4.98 Å². The van der Waals surface area contributed by atoms with Crippen LogP contribution in [0.4, 0.5) is 5.95 Å². The predicted molar refractivity (Wildman–Crippen MR) is 90.6 cm³/mol. The average molecular weight is 307 g/mol. The molecule has 0 bridgehead atoms. The largest absolute Gasteiger partial charge is 0.477 e. The van der Waals surface area contributed by atoms with Crippen molar-refractivity contribution in [2.24, 2.45) is 0 Å². The molecule has 0 amide bonds. The molecule has 0 radical (unpaired) electrons. The number of nitrogens with zero attached hydrogens (tertiary/aromatic N) is 2. The fraction of sp³-hybridized carbons (Fsp3) is 0.625. The van der Waals surface area contributed by atoms with Crippen LogP contribution in [0.1, 0.15) is 50.3 Å². The number of ether oxygens (including phenoxy) is 1. The minimum atomic E-state index is 0.627. The zero-order chi connectivity index (χ0) is 15.1. The molecule has 0 aromatic carbocycles. The normalized spacial score (nSPS) is 11.0. The van der Waals surface area contributed by atoms with E-state index in [1.807, 2.05) is 7.05 Å². The highest BCUT2D eigenvalue weighted by Crippen LogP contribution is 2.31. The molecule has 2 aromatic heterocycles. The van der Waals surface area contributed by atoms with Crippen molar-refractivity contribution in [1.29, 1.82) is 0 Å². The summed E-state index contributed by atoms with van der Waals surface area (Å²) in [6.07, 6.45) is 7.59. The van der Waals surface area contributed by atoms with Gasteiger partial charge >= 0.3 is 0 Å². The van der Waals surface area contributed by atoms with E-state index < -0.39 is 0 Å². The molecular weight excluding hydrogens is 282 g/mol. The molecule has 0 aliphatic carbocycles. The van der Waals surface area contributed by atoms with Crippen molar-refractivity contribution in [3.05, 3.63) is 10.9 Å². The van der Waals surface area contributed by atoms with Crippen LogP contribution in [0.15, 0.2) is 6.07 Å². The molecule has 2 heterocycles. The molecule has 2 aromatic rings. The van der Waals surface area contributed by atoms with Crippen LogP contribution in [0.5, 0.6) is 5.88 Å². The van der Waals surface area contributed by atoms with Gasteiger partial charge in [0.2, 0.25) is 11.8 Å². The number of hydrogen-bond acceptors (Lipinski definition) is 5. The molecule has 0 atom stereocenters. The monoisotopic (exact) mass is 307 g/mol. The maximum atomic E-state index is 5.90. The number of nitrogens with one attached hydrogen (secondary N) is 1. The lowest BCUT2D eigenvalue weighted by Gasteiger charge is -2.08. The Morgan fingerprint density at radius 3 is 2.67 bits per heavy atom. The number of unbranched alkanes of at least 4 members (excludes halogenated alkanes) is 5. The molecule has 4 nitrogen and oxygen atoms in total. The highest BCUT2D eigenvalue weighted by atomic mass is 32.1. The standard InChI is InChI=1S/C16H25N3OS/c1-4-5-6-7-8-9-10-20-14-13-11-12(2)21-15(13)19-16(17-3)18-14/h11H,4-10H2,1-3H3,(H,17,18,19). The molecule has 0 saturated heterocycles. The van der Waals surface area contributed by atoms with Gasteiger partial charge in [-0.1, -0.05) is 39.0 Å². The summed E-state index contributed by atoms with van der Waals surface area (Å²) < 4.78 is 5.90. The summed E-state index contributed by atoms with van der Waals surface area (Å²) in [6, 6.07) is 2.11. The average Bonchev–Trinajstić information content (AvgIpc) is 2.86. The first kappa shape index (κ1) is 16.0. The summed E-state index contributed by atoms with van der Waals surface area (Å²) >= 11 is 1.68. The molecule has 0 unspecified atom stereocenters. The van der Waals surface area contributed by atoms with Crippen molar-refractivity contribution < 1.29 is 4.74 Å². The number of anilines is 1. The zero-order valence-electron chi connectivity index (χ0n) is 13.2. The van der Waals surface area contributed by atoms with E-state index in [9.17, 15) is 0 Å². The predicted octanol–water partition coefficient (Wildman–Crippen LogP) is 4.78. The van der Waals surface area contributed by atoms with Gasteiger partial charge in [0.15, 0.2) is 0 Å². The Balaban J connectivity index is 1.91. The van der Waals surface area contributed by atoms with Gasteiger partial charge in [-0.15, -0.1) is 11.3 Å². The van der Waals surface area contributed by atoms with Gasteiger partial charge in [-0.25, -0.2) is 4.98 Å². The van der Waals surface area contributed by atoms with Crippen LogP contribution in [0, 0.1) is 6.92 Å². The topological polar surface area (TPSA) is 47.0 Å². The lowest BCUT2D eigenvalue weighted by atomic mass is 10.1. The Morgan fingerprint density at radius 2 is 1.90 bits per heavy atom. The van der Waals surface area contributed by atoms with Crippen molar-refractivity contribution >= 4 is 27.5 Å². The van der Waals surface area contributed by atoms with Crippen LogP contribution >= 0.6 is 11.3 Å². The maximum Gasteiger partial charge on any atom is 0.227 e. The summed E-state index contributed by atoms with van der Waals surface area (Å²) in [5.74, 6) is 1.34. The van der Waals surface area contributed by atoms with E-state index in [1.165, 1.54) is 37.0 Å². The second kappa shape index (κ2) is 8.17. The van der Waals surface area contributed by atoms with E-state index >= 15 is 0 Å². The highest BCUT2D eigenvalue weighted by Gasteiger charge is 2.11. The van der Waals surface area contributed by atoms with Crippen molar-refractivity contribution in [2.75, 3.05) is 19.0 Å². The lowest BCUT2D eigenvalue weighted by Crippen LogP contribution is -2.03. The first-order valence-corrected chi connectivity index (χ1v) is 8.65. The van der Waals surface area contributed by atoms with Crippen LogP contribution < -0.4 is 10.1 Å². The first-order valence-electron chi connectivity index (χ1n) is 7.83. The summed E-state index contributed by atoms with van der Waals surface area (Å²) in [4.78, 5) is 11.1. The smallest absolute Gasteiger partial charge is 0.227 e. The van der Waals surface area contributed by atoms with E-state index in [4.69, 9.17) is 4.74 Å². The van der Waals surface area contributed by atoms with E-state index in [0.29, 0.717) is 11.8 Å². The van der Waals surface area contributed by atoms with E-state index in [2.05, 4.69) is 35.2 Å². The minimum absolute atomic E-state index is 0.627. The number of thiophene rings is 1. The van der Waals surface area contributed by atoms with Crippen molar-refractivity contribution in [3.63, 3.8) is 0 Å². The number of fused-ring (bicyclic) bond motifs is 1. The van der Waals surface area contributed by atoms with Crippen LogP contribution in [-0.2, 0) is 0 Å². The SMILES string of the molecule is CCCCCCCCOc1nc(NC)nc2sc(C)cc12. The van der Waals surface area contributed by atoms with Crippen LogP contribution in [0.3, 0.4) is 0 Å². The minimum Gasteiger partial charge on any atom is -0.477 e. The Labute approximate surface area is 131 Å². The first-order chi connectivity index (χ1) is 10.2. The van der Waals surface area contributed by atoms with Crippen molar-refractivity contribution in [2.45, 2.75) is 52.4 Å². The highest BCUT2D eigenvalue weighted by molar-refractivity contribution is 7.18. The Bertz CT molecular complexity index is 568. The molecule has 5 heteroatoms. The van der Waals surface area contributed by atoms with E-state index in [-0.39, 0.29) is 0 Å². The van der Waals surface area contributed by atoms with Gasteiger partial charge < -0.3 is 10.1 Å². The van der Waals surface area contributed by atoms with Gasteiger partial charge in [-0.05, 0) is 19.4 Å². The van der Waals surface area contributed by atoms with Crippen LogP contribution in [-0.4, -0.2) is 23.6 Å². The lowest BCUT2D eigenvalue weighted by molar-refractivity contribution is 0.297. The zero-order valence-corrected chi connectivity index (χ0v) is 14.1. The van der Waals surface area contributed by atoms with E-state index in [0.717, 1.165) is 23.2 Å². The fourth-order valence-corrected chi connectivity index (χ4v) is 3.16. The molecule has 1 N–H and O–H groups in total. The quantitative estimate of drug-likeness (QED) is 0.677. The molecule has 0 aliphatic rings. The molecule has 2 rings (SSSR count). The van der Waals surface area contributed by atoms with Crippen LogP contribution in [0.2, 0.25) is 0 Å². The molecule has 0 saturated carbocycles. The third kappa shape index (κ3) is 4.56. The Kier molecular flexibility index (Phi) is 6.23. The molecule has 0 fully saturated rings. The second-order valence-electron chi connectivity index (χ2n) is 5.29. The third-order valence-electron chi connectivity index (χ3n) is 3.44. The van der Waals surface area contributed by atoms with Gasteiger partial charge in [0.05, 0.1) is 12.0 Å². The Hall–Kier alpha value is -1.36. The van der Waals surface area contributed by atoms with Gasteiger partial charge in [0.1, 0.15) is 4.83 Å². The van der Waals surface area contributed by atoms with Crippen molar-refractivity contribution in [1.82, 2.24) is 9.97 Å². The number of aryl methyl sites for hydroxylation is 1. The summed E-state index contributed by atoms with van der Waals surface area (Å²) in [5.41, 5.74) is 0. The molecule has 116 valence electrons. The molecular formula is C16H25N3OS. The number of aromatic nitrogens is 2. The summed E-state index contributed by atoms with van der Waals surface area (Å²) in [6.45, 7) is 5.06.